The summed E-state index contributed by atoms with van der Waals surface area (Å²) in [5.74, 6) is 0.898. The Morgan fingerprint density at radius 3 is 2.65 bits per heavy atom. The van der Waals surface area contributed by atoms with Crippen LogP contribution in [-0.4, -0.2) is 15.1 Å². The first-order chi connectivity index (χ1) is 9.76. The van der Waals surface area contributed by atoms with Crippen molar-refractivity contribution in [2.24, 2.45) is 0 Å². The molecule has 20 heavy (non-hydrogen) atoms. The molecule has 5 nitrogen and oxygen atoms in total. The molecule has 0 unspecified atom stereocenters. The SMILES string of the molecule is Cc1ccc(-c2noc(-c3ccnc(C#N)c3)n2)cc1. The van der Waals surface area contributed by atoms with E-state index in [4.69, 9.17) is 9.78 Å². The molecule has 2 aromatic heterocycles. The summed E-state index contributed by atoms with van der Waals surface area (Å²) in [5, 5.41) is 12.8. The van der Waals surface area contributed by atoms with Gasteiger partial charge in [0.15, 0.2) is 0 Å². The van der Waals surface area contributed by atoms with Crippen molar-refractivity contribution >= 4 is 0 Å². The van der Waals surface area contributed by atoms with E-state index in [0.29, 0.717) is 23.0 Å². The molecule has 0 aliphatic carbocycles. The van der Waals surface area contributed by atoms with Crippen molar-refractivity contribution in [2.45, 2.75) is 6.92 Å². The van der Waals surface area contributed by atoms with E-state index in [0.717, 1.165) is 5.56 Å². The number of nitriles is 1. The molecule has 96 valence electrons. The van der Waals surface area contributed by atoms with Gasteiger partial charge in [-0.05, 0) is 19.1 Å². The molecule has 0 aliphatic heterocycles. The van der Waals surface area contributed by atoms with E-state index in [1.807, 2.05) is 37.3 Å². The van der Waals surface area contributed by atoms with E-state index in [1.54, 1.807) is 18.3 Å². The summed E-state index contributed by atoms with van der Waals surface area (Å²) in [5.41, 5.74) is 3.06. The van der Waals surface area contributed by atoms with Crippen molar-refractivity contribution in [1.29, 1.82) is 5.26 Å². The molecule has 0 N–H and O–H groups in total. The second kappa shape index (κ2) is 4.94. The van der Waals surface area contributed by atoms with Crippen LogP contribution in [0.1, 0.15) is 11.3 Å². The molecular weight excluding hydrogens is 252 g/mol. The highest BCUT2D eigenvalue weighted by atomic mass is 16.5. The van der Waals surface area contributed by atoms with E-state index in [9.17, 15) is 0 Å². The van der Waals surface area contributed by atoms with Crippen LogP contribution < -0.4 is 0 Å². The maximum Gasteiger partial charge on any atom is 0.258 e. The fourth-order valence-electron chi connectivity index (χ4n) is 1.79. The zero-order valence-corrected chi connectivity index (χ0v) is 10.7. The molecule has 0 saturated carbocycles. The van der Waals surface area contributed by atoms with Gasteiger partial charge in [0.05, 0.1) is 0 Å². The minimum Gasteiger partial charge on any atom is -0.334 e. The largest absolute Gasteiger partial charge is 0.334 e. The molecule has 1 aromatic carbocycles. The second-order valence-electron chi connectivity index (χ2n) is 4.33. The highest BCUT2D eigenvalue weighted by Crippen LogP contribution is 2.22. The van der Waals surface area contributed by atoms with Crippen LogP contribution in [0.3, 0.4) is 0 Å². The number of aromatic nitrogens is 3. The maximum absolute atomic E-state index is 8.84. The normalized spacial score (nSPS) is 10.2. The predicted octanol–water partition coefficient (Wildman–Crippen LogP) is 2.98. The summed E-state index contributed by atoms with van der Waals surface area (Å²) < 4.78 is 5.24. The quantitative estimate of drug-likeness (QED) is 0.709. The Balaban J connectivity index is 1.97. The minimum absolute atomic E-state index is 0.317. The fourth-order valence-corrected chi connectivity index (χ4v) is 1.79. The van der Waals surface area contributed by atoms with Gasteiger partial charge in [-0.1, -0.05) is 35.0 Å². The molecule has 2 heterocycles. The summed E-state index contributed by atoms with van der Waals surface area (Å²) in [4.78, 5) is 8.25. The zero-order chi connectivity index (χ0) is 13.9. The third kappa shape index (κ3) is 2.27. The molecule has 3 rings (SSSR count). The summed E-state index contributed by atoms with van der Waals surface area (Å²) >= 11 is 0. The number of rotatable bonds is 2. The van der Waals surface area contributed by atoms with Gasteiger partial charge >= 0.3 is 0 Å². The number of benzene rings is 1. The number of hydrogen-bond donors (Lipinski definition) is 0. The van der Waals surface area contributed by atoms with Gasteiger partial charge in [0.2, 0.25) is 5.82 Å². The lowest BCUT2D eigenvalue weighted by molar-refractivity contribution is 0.432. The van der Waals surface area contributed by atoms with Crippen molar-refractivity contribution in [3.05, 3.63) is 53.9 Å². The Kier molecular flexibility index (Phi) is 2.98. The number of pyridine rings is 1. The van der Waals surface area contributed by atoms with Gasteiger partial charge in [0.25, 0.3) is 5.89 Å². The predicted molar refractivity (Wildman–Crippen MR) is 72.4 cm³/mol. The first-order valence-electron chi connectivity index (χ1n) is 6.03. The van der Waals surface area contributed by atoms with Crippen LogP contribution in [0.15, 0.2) is 47.1 Å². The summed E-state index contributed by atoms with van der Waals surface area (Å²) in [6.45, 7) is 2.02. The lowest BCUT2D eigenvalue weighted by Gasteiger charge is -1.95. The Morgan fingerprint density at radius 1 is 1.10 bits per heavy atom. The van der Waals surface area contributed by atoms with Crippen LogP contribution in [0.25, 0.3) is 22.8 Å². The molecule has 0 fully saturated rings. The van der Waals surface area contributed by atoms with Gasteiger partial charge in [-0.15, -0.1) is 0 Å². The first-order valence-corrected chi connectivity index (χ1v) is 6.03. The number of nitrogens with zero attached hydrogens (tertiary/aromatic N) is 4. The average molecular weight is 262 g/mol. The Morgan fingerprint density at radius 2 is 1.90 bits per heavy atom. The molecule has 0 spiro atoms. The Labute approximate surface area is 115 Å². The molecule has 0 bridgehead atoms. The minimum atomic E-state index is 0.317. The van der Waals surface area contributed by atoms with E-state index in [-0.39, 0.29) is 0 Å². The summed E-state index contributed by atoms with van der Waals surface area (Å²) in [6.07, 6.45) is 1.55. The third-order valence-corrected chi connectivity index (χ3v) is 2.86. The van der Waals surface area contributed by atoms with E-state index in [2.05, 4.69) is 15.1 Å². The zero-order valence-electron chi connectivity index (χ0n) is 10.7. The number of aryl methyl sites for hydroxylation is 1. The van der Waals surface area contributed by atoms with Crippen LogP contribution in [0, 0.1) is 18.3 Å². The van der Waals surface area contributed by atoms with Gasteiger partial charge in [0.1, 0.15) is 11.8 Å². The van der Waals surface area contributed by atoms with Crippen LogP contribution >= 0.6 is 0 Å². The van der Waals surface area contributed by atoms with Crippen molar-refractivity contribution < 1.29 is 4.52 Å². The summed E-state index contributed by atoms with van der Waals surface area (Å²) in [7, 11) is 0. The highest BCUT2D eigenvalue weighted by molar-refractivity contribution is 5.60. The van der Waals surface area contributed by atoms with Crippen molar-refractivity contribution in [3.8, 4) is 28.9 Å². The lowest BCUT2D eigenvalue weighted by Crippen LogP contribution is -1.85. The molecule has 5 heteroatoms. The maximum atomic E-state index is 8.84. The van der Waals surface area contributed by atoms with E-state index < -0.39 is 0 Å². The second-order valence-corrected chi connectivity index (χ2v) is 4.33. The fraction of sp³-hybridized carbons (Fsp3) is 0.0667. The molecular formula is C15H10N4O. The third-order valence-electron chi connectivity index (χ3n) is 2.86. The highest BCUT2D eigenvalue weighted by Gasteiger charge is 2.11. The van der Waals surface area contributed by atoms with E-state index in [1.165, 1.54) is 5.56 Å². The van der Waals surface area contributed by atoms with Crippen molar-refractivity contribution in [3.63, 3.8) is 0 Å². The van der Waals surface area contributed by atoms with Gasteiger partial charge in [-0.2, -0.15) is 10.2 Å². The van der Waals surface area contributed by atoms with Gasteiger partial charge < -0.3 is 4.52 Å². The van der Waals surface area contributed by atoms with Crippen LogP contribution in [0.4, 0.5) is 0 Å². The summed E-state index contributed by atoms with van der Waals surface area (Å²) in [6, 6.07) is 13.2. The molecule has 0 aliphatic rings. The number of hydrogen-bond acceptors (Lipinski definition) is 5. The van der Waals surface area contributed by atoms with Gasteiger partial charge in [-0.3, -0.25) is 0 Å². The van der Waals surface area contributed by atoms with Crippen molar-refractivity contribution in [2.75, 3.05) is 0 Å². The topological polar surface area (TPSA) is 75.6 Å². The smallest absolute Gasteiger partial charge is 0.258 e. The Bertz CT molecular complexity index is 784. The monoisotopic (exact) mass is 262 g/mol. The van der Waals surface area contributed by atoms with E-state index >= 15 is 0 Å². The molecule has 0 radical (unpaired) electrons. The molecule has 3 aromatic rings. The average Bonchev–Trinajstić information content (AvgIpc) is 2.98. The van der Waals surface area contributed by atoms with Crippen LogP contribution in [0.2, 0.25) is 0 Å². The van der Waals surface area contributed by atoms with Gasteiger partial charge in [0, 0.05) is 17.3 Å². The molecule has 0 atom stereocenters. The molecule has 0 saturated heterocycles. The Hall–Kier alpha value is -3.00. The van der Waals surface area contributed by atoms with Gasteiger partial charge in [-0.25, -0.2) is 4.98 Å². The molecule has 0 amide bonds. The van der Waals surface area contributed by atoms with Crippen LogP contribution in [-0.2, 0) is 0 Å². The van der Waals surface area contributed by atoms with Crippen LogP contribution in [0.5, 0.6) is 0 Å². The lowest BCUT2D eigenvalue weighted by atomic mass is 10.1. The van der Waals surface area contributed by atoms with Crippen molar-refractivity contribution in [1.82, 2.24) is 15.1 Å². The first kappa shape index (κ1) is 12.1. The standard InChI is InChI=1S/C15H10N4O/c1-10-2-4-11(5-3-10)14-18-15(20-19-14)12-6-7-17-13(8-12)9-16/h2-8H,1H3.